The van der Waals surface area contributed by atoms with Crippen LogP contribution in [-0.4, -0.2) is 55.0 Å². The summed E-state index contributed by atoms with van der Waals surface area (Å²) in [4.78, 5) is 25.4. The van der Waals surface area contributed by atoms with Crippen molar-refractivity contribution in [2.75, 3.05) is 13.2 Å². The molecule has 2 unspecified atom stereocenters. The van der Waals surface area contributed by atoms with Crippen molar-refractivity contribution in [3.63, 3.8) is 0 Å². The zero-order chi connectivity index (χ0) is 24.5. The third-order valence-corrected chi connectivity index (χ3v) is 8.38. The van der Waals surface area contributed by atoms with E-state index in [9.17, 15) is 23.1 Å². The van der Waals surface area contributed by atoms with Crippen LogP contribution < -0.4 is 5.32 Å². The molecule has 4 rings (SSSR count). The second-order valence-electron chi connectivity index (χ2n) is 9.13. The third-order valence-electron chi connectivity index (χ3n) is 6.50. The molecule has 1 aliphatic heterocycles. The monoisotopic (exact) mass is 486 g/mol. The Balaban J connectivity index is 1.41. The minimum Gasteiger partial charge on any atom is -0.454 e. The van der Waals surface area contributed by atoms with E-state index < -0.39 is 40.7 Å². The zero-order valence-corrected chi connectivity index (χ0v) is 20.1. The SMILES string of the molecule is Cc1ccc(S(=O)(=O)N2CC(O)C[C@H]2C(=O)OCC(=O)NC(c2ccccc2)C2CC2)cc1C. The molecule has 2 aromatic carbocycles. The van der Waals surface area contributed by atoms with Crippen LogP contribution in [0.3, 0.4) is 0 Å². The maximum absolute atomic E-state index is 13.2. The number of nitrogens with one attached hydrogen (secondary N) is 1. The Morgan fingerprint density at radius 1 is 1.12 bits per heavy atom. The number of hydrogen-bond acceptors (Lipinski definition) is 6. The normalized spacial score (nSPS) is 21.7. The van der Waals surface area contributed by atoms with Gasteiger partial charge in [0.1, 0.15) is 6.04 Å². The van der Waals surface area contributed by atoms with Crippen molar-refractivity contribution in [3.05, 3.63) is 65.2 Å². The summed E-state index contributed by atoms with van der Waals surface area (Å²) in [5, 5.41) is 13.1. The Morgan fingerprint density at radius 3 is 2.47 bits per heavy atom. The minimum atomic E-state index is -4.03. The number of β-amino-alcohol motifs (C(OH)–C–C–N with tert-alkyl or cyclic N) is 1. The molecular weight excluding hydrogens is 456 g/mol. The van der Waals surface area contributed by atoms with Gasteiger partial charge in [0.15, 0.2) is 6.61 Å². The van der Waals surface area contributed by atoms with Crippen LogP contribution in [0.1, 0.15) is 42.0 Å². The van der Waals surface area contributed by atoms with E-state index in [1.54, 1.807) is 12.1 Å². The van der Waals surface area contributed by atoms with Crippen molar-refractivity contribution in [2.45, 2.75) is 56.2 Å². The van der Waals surface area contributed by atoms with E-state index in [4.69, 9.17) is 4.74 Å². The molecule has 1 aliphatic carbocycles. The van der Waals surface area contributed by atoms with Gasteiger partial charge in [-0.05, 0) is 61.4 Å². The summed E-state index contributed by atoms with van der Waals surface area (Å²) in [6, 6.07) is 13.0. The van der Waals surface area contributed by atoms with Gasteiger partial charge in [-0.3, -0.25) is 9.59 Å². The van der Waals surface area contributed by atoms with Crippen LogP contribution in [0.2, 0.25) is 0 Å². The van der Waals surface area contributed by atoms with E-state index in [1.165, 1.54) is 6.07 Å². The van der Waals surface area contributed by atoms with Gasteiger partial charge in [-0.1, -0.05) is 36.4 Å². The summed E-state index contributed by atoms with van der Waals surface area (Å²) >= 11 is 0. The first kappa shape index (κ1) is 24.4. The maximum atomic E-state index is 13.2. The number of carbonyl (C=O) groups is 2. The second kappa shape index (κ2) is 9.85. The average Bonchev–Trinajstić information content (AvgIpc) is 3.58. The highest BCUT2D eigenvalue weighted by Crippen LogP contribution is 2.40. The van der Waals surface area contributed by atoms with Gasteiger partial charge in [0, 0.05) is 13.0 Å². The number of aliphatic hydroxyl groups is 1. The number of aliphatic hydroxyl groups excluding tert-OH is 1. The van der Waals surface area contributed by atoms with Crippen molar-refractivity contribution in [3.8, 4) is 0 Å². The van der Waals surface area contributed by atoms with Crippen LogP contribution in [0, 0.1) is 19.8 Å². The van der Waals surface area contributed by atoms with Gasteiger partial charge in [0.05, 0.1) is 17.0 Å². The molecule has 2 aliphatic rings. The Bertz CT molecular complexity index is 1160. The molecule has 2 aromatic rings. The molecule has 2 fully saturated rings. The standard InChI is InChI=1S/C25H30N2O6S/c1-16-8-11-21(12-17(16)2)34(31,32)27-14-20(28)13-22(27)25(30)33-15-23(29)26-24(19-9-10-19)18-6-4-3-5-7-18/h3-8,11-12,19-20,22,24,28H,9-10,13-15H2,1-2H3,(H,26,29)/t20?,22-,24?/m0/s1. The molecule has 2 N–H and O–H groups in total. The zero-order valence-electron chi connectivity index (χ0n) is 19.3. The van der Waals surface area contributed by atoms with E-state index in [-0.39, 0.29) is 23.9 Å². The second-order valence-corrected chi connectivity index (χ2v) is 11.0. The fourth-order valence-electron chi connectivity index (χ4n) is 4.29. The number of hydrogen-bond donors (Lipinski definition) is 2. The van der Waals surface area contributed by atoms with E-state index in [1.807, 2.05) is 44.2 Å². The minimum absolute atomic E-state index is 0.0513. The lowest BCUT2D eigenvalue weighted by Crippen LogP contribution is -2.42. The number of benzene rings is 2. The van der Waals surface area contributed by atoms with Crippen LogP contribution in [0.5, 0.6) is 0 Å². The maximum Gasteiger partial charge on any atom is 0.325 e. The lowest BCUT2D eigenvalue weighted by Gasteiger charge is -2.23. The van der Waals surface area contributed by atoms with Crippen LogP contribution >= 0.6 is 0 Å². The number of esters is 1. The van der Waals surface area contributed by atoms with E-state index >= 15 is 0 Å². The number of nitrogens with zero attached hydrogens (tertiary/aromatic N) is 1. The van der Waals surface area contributed by atoms with Crippen molar-refractivity contribution in [2.24, 2.45) is 5.92 Å². The molecule has 0 radical (unpaired) electrons. The van der Waals surface area contributed by atoms with Crippen molar-refractivity contribution in [1.29, 1.82) is 0 Å². The highest BCUT2D eigenvalue weighted by molar-refractivity contribution is 7.89. The molecular formula is C25H30N2O6S. The van der Waals surface area contributed by atoms with Gasteiger partial charge in [0.2, 0.25) is 10.0 Å². The summed E-state index contributed by atoms with van der Waals surface area (Å²) in [5.74, 6) is -0.941. The van der Waals surface area contributed by atoms with Crippen molar-refractivity contribution in [1.82, 2.24) is 9.62 Å². The molecule has 1 saturated heterocycles. The number of amides is 1. The molecule has 0 aromatic heterocycles. The van der Waals surface area contributed by atoms with Crippen LogP contribution in [0.4, 0.5) is 0 Å². The number of rotatable bonds is 8. The Hall–Kier alpha value is -2.75. The number of sulfonamides is 1. The predicted molar refractivity (Wildman–Crippen MR) is 125 cm³/mol. The van der Waals surface area contributed by atoms with E-state index in [0.29, 0.717) is 5.92 Å². The van der Waals surface area contributed by atoms with Gasteiger partial charge >= 0.3 is 5.97 Å². The fraction of sp³-hybridized carbons (Fsp3) is 0.440. The third kappa shape index (κ3) is 5.32. The smallest absolute Gasteiger partial charge is 0.325 e. The summed E-state index contributed by atoms with van der Waals surface area (Å²) in [6.07, 6.45) is 0.958. The Morgan fingerprint density at radius 2 is 1.82 bits per heavy atom. The van der Waals surface area contributed by atoms with Gasteiger partial charge in [-0.15, -0.1) is 0 Å². The van der Waals surface area contributed by atoms with Gasteiger partial charge < -0.3 is 15.2 Å². The van der Waals surface area contributed by atoms with Crippen molar-refractivity contribution < 1.29 is 27.9 Å². The lowest BCUT2D eigenvalue weighted by atomic mass is 10.0. The molecule has 34 heavy (non-hydrogen) atoms. The van der Waals surface area contributed by atoms with Crippen LogP contribution in [0.25, 0.3) is 0 Å². The van der Waals surface area contributed by atoms with E-state index in [2.05, 4.69) is 5.32 Å². The molecule has 8 nitrogen and oxygen atoms in total. The summed E-state index contributed by atoms with van der Waals surface area (Å²) in [6.45, 7) is 2.96. The van der Waals surface area contributed by atoms with Crippen molar-refractivity contribution >= 4 is 21.9 Å². The lowest BCUT2D eigenvalue weighted by molar-refractivity contribution is -0.152. The topological polar surface area (TPSA) is 113 Å². The first-order valence-corrected chi connectivity index (χ1v) is 12.9. The number of aryl methyl sites for hydroxylation is 2. The number of carbonyl (C=O) groups excluding carboxylic acids is 2. The Labute approximate surface area is 200 Å². The van der Waals surface area contributed by atoms with E-state index in [0.717, 1.165) is 33.8 Å². The molecule has 3 atom stereocenters. The fourth-order valence-corrected chi connectivity index (χ4v) is 6.00. The Kier molecular flexibility index (Phi) is 7.06. The quantitative estimate of drug-likeness (QED) is 0.554. The van der Waals surface area contributed by atoms with Crippen LogP contribution in [0.15, 0.2) is 53.4 Å². The van der Waals surface area contributed by atoms with Gasteiger partial charge in [-0.25, -0.2) is 8.42 Å². The molecule has 9 heteroatoms. The highest BCUT2D eigenvalue weighted by Gasteiger charge is 2.44. The molecule has 1 saturated carbocycles. The van der Waals surface area contributed by atoms with Gasteiger partial charge in [-0.2, -0.15) is 4.31 Å². The summed E-state index contributed by atoms with van der Waals surface area (Å²) < 4.78 is 32.6. The molecule has 182 valence electrons. The van der Waals surface area contributed by atoms with Gasteiger partial charge in [0.25, 0.3) is 5.91 Å². The first-order valence-electron chi connectivity index (χ1n) is 11.4. The van der Waals surface area contributed by atoms with Crippen LogP contribution in [-0.2, 0) is 24.3 Å². The summed E-state index contributed by atoms with van der Waals surface area (Å²) in [7, 11) is -4.03. The largest absolute Gasteiger partial charge is 0.454 e. The number of ether oxygens (including phenoxy) is 1. The highest BCUT2D eigenvalue weighted by atomic mass is 32.2. The molecule has 1 heterocycles. The first-order chi connectivity index (χ1) is 16.2. The molecule has 1 amide bonds. The predicted octanol–water partition coefficient (Wildman–Crippen LogP) is 2.24. The molecule has 0 bridgehead atoms. The molecule has 0 spiro atoms. The summed E-state index contributed by atoms with van der Waals surface area (Å²) in [5.41, 5.74) is 2.75. The average molecular weight is 487 g/mol.